The summed E-state index contributed by atoms with van der Waals surface area (Å²) in [6.07, 6.45) is 5.38. The Morgan fingerprint density at radius 2 is 1.70 bits per heavy atom. The lowest BCUT2D eigenvalue weighted by molar-refractivity contribution is 0.0189. The first-order chi connectivity index (χ1) is 9.67. The van der Waals surface area contributed by atoms with Crippen LogP contribution in [0.25, 0.3) is 0 Å². The average Bonchev–Trinajstić information content (AvgIpc) is 2.46. The van der Waals surface area contributed by atoms with Crippen molar-refractivity contribution < 1.29 is 0 Å². The maximum atomic E-state index is 3.68. The Balaban J connectivity index is 1.85. The van der Waals surface area contributed by atoms with E-state index >= 15 is 0 Å². The van der Waals surface area contributed by atoms with Gasteiger partial charge in [-0.1, -0.05) is 20.8 Å². The summed E-state index contributed by atoms with van der Waals surface area (Å²) >= 11 is 0. The van der Waals surface area contributed by atoms with E-state index < -0.39 is 0 Å². The number of likely N-dealkylation sites (tertiary alicyclic amines) is 2. The van der Waals surface area contributed by atoms with Crippen LogP contribution in [0.5, 0.6) is 0 Å². The summed E-state index contributed by atoms with van der Waals surface area (Å²) in [7, 11) is 0. The van der Waals surface area contributed by atoms with E-state index in [1.807, 2.05) is 0 Å². The topological polar surface area (TPSA) is 18.5 Å². The number of nitrogens with zero attached hydrogens (tertiary/aromatic N) is 2. The number of nitrogens with one attached hydrogen (secondary N) is 1. The molecule has 3 atom stereocenters. The molecule has 2 aliphatic heterocycles. The molecule has 2 heterocycles. The van der Waals surface area contributed by atoms with Crippen LogP contribution in [0.1, 0.15) is 53.4 Å². The summed E-state index contributed by atoms with van der Waals surface area (Å²) in [4.78, 5) is 5.47. The predicted octanol–water partition coefficient (Wildman–Crippen LogP) is 2.57. The highest BCUT2D eigenvalue weighted by Gasteiger charge is 2.36. The molecule has 0 aromatic carbocycles. The van der Waals surface area contributed by atoms with Crippen LogP contribution in [-0.4, -0.2) is 60.6 Å². The van der Waals surface area contributed by atoms with E-state index in [0.29, 0.717) is 0 Å². The van der Waals surface area contributed by atoms with Crippen molar-refractivity contribution in [2.24, 2.45) is 5.92 Å². The molecule has 2 aliphatic rings. The fourth-order valence-corrected chi connectivity index (χ4v) is 4.25. The van der Waals surface area contributed by atoms with Crippen molar-refractivity contribution in [3.63, 3.8) is 0 Å². The smallest absolute Gasteiger partial charge is 0.0123 e. The molecule has 0 aromatic heterocycles. The zero-order valence-corrected chi connectivity index (χ0v) is 14.1. The summed E-state index contributed by atoms with van der Waals surface area (Å²) in [6.45, 7) is 15.7. The van der Waals surface area contributed by atoms with Crippen LogP contribution < -0.4 is 5.32 Å². The summed E-state index contributed by atoms with van der Waals surface area (Å²) < 4.78 is 0. The Labute approximate surface area is 126 Å². The molecular weight excluding hydrogens is 246 g/mol. The molecule has 0 saturated carbocycles. The third-order valence-corrected chi connectivity index (χ3v) is 5.65. The van der Waals surface area contributed by atoms with Gasteiger partial charge in [-0.3, -0.25) is 4.90 Å². The first-order valence-electron chi connectivity index (χ1n) is 8.88. The van der Waals surface area contributed by atoms with Gasteiger partial charge in [-0.2, -0.15) is 0 Å². The lowest BCUT2D eigenvalue weighted by atomic mass is 9.84. The maximum Gasteiger partial charge on any atom is 0.0123 e. The fourth-order valence-electron chi connectivity index (χ4n) is 4.25. The van der Waals surface area contributed by atoms with E-state index in [-0.39, 0.29) is 0 Å². The highest BCUT2D eigenvalue weighted by Crippen LogP contribution is 2.29. The van der Waals surface area contributed by atoms with Crippen molar-refractivity contribution in [2.75, 3.05) is 32.7 Å². The van der Waals surface area contributed by atoms with E-state index in [4.69, 9.17) is 0 Å². The molecule has 3 unspecified atom stereocenters. The second kappa shape index (κ2) is 7.77. The first kappa shape index (κ1) is 16.3. The summed E-state index contributed by atoms with van der Waals surface area (Å²) in [5.41, 5.74) is 0. The minimum atomic E-state index is 0.728. The molecule has 0 aliphatic carbocycles. The minimum Gasteiger partial charge on any atom is -0.314 e. The quantitative estimate of drug-likeness (QED) is 0.835. The van der Waals surface area contributed by atoms with Crippen molar-refractivity contribution in [1.29, 1.82) is 0 Å². The molecule has 1 N–H and O–H groups in total. The summed E-state index contributed by atoms with van der Waals surface area (Å²) in [6, 6.07) is 2.30. The van der Waals surface area contributed by atoms with Crippen molar-refractivity contribution in [3.05, 3.63) is 0 Å². The molecule has 3 heteroatoms. The number of hydrogen-bond donors (Lipinski definition) is 1. The van der Waals surface area contributed by atoms with Gasteiger partial charge in [0.15, 0.2) is 0 Å². The standard InChI is InChI=1S/C17H35N3/c1-5-10-19-11-7-16(8-12-19)20-13-9-17(18-6-2)14(3)15(20)4/h14-18H,5-13H2,1-4H3. The third-order valence-electron chi connectivity index (χ3n) is 5.65. The normalized spacial score (nSPS) is 34.5. The highest BCUT2D eigenvalue weighted by atomic mass is 15.2. The van der Waals surface area contributed by atoms with Crippen molar-refractivity contribution in [1.82, 2.24) is 15.1 Å². The van der Waals surface area contributed by atoms with Gasteiger partial charge in [0.2, 0.25) is 0 Å². The molecule has 2 saturated heterocycles. The molecule has 0 radical (unpaired) electrons. The van der Waals surface area contributed by atoms with Gasteiger partial charge in [0.05, 0.1) is 0 Å². The molecular formula is C17H35N3. The molecule has 20 heavy (non-hydrogen) atoms. The SMILES string of the molecule is CCCN1CCC(N2CCC(NCC)C(C)C2C)CC1. The highest BCUT2D eigenvalue weighted by molar-refractivity contribution is 4.92. The van der Waals surface area contributed by atoms with Crippen LogP contribution in [0, 0.1) is 5.92 Å². The van der Waals surface area contributed by atoms with E-state index in [1.165, 1.54) is 51.9 Å². The molecule has 3 nitrogen and oxygen atoms in total. The number of rotatable bonds is 5. The maximum absolute atomic E-state index is 3.68. The van der Waals surface area contributed by atoms with Crippen LogP contribution in [-0.2, 0) is 0 Å². The first-order valence-corrected chi connectivity index (χ1v) is 8.88. The fraction of sp³-hybridized carbons (Fsp3) is 1.00. The third kappa shape index (κ3) is 3.75. The minimum absolute atomic E-state index is 0.728. The van der Waals surface area contributed by atoms with Crippen LogP contribution in [0.4, 0.5) is 0 Å². The van der Waals surface area contributed by atoms with Gasteiger partial charge in [-0.15, -0.1) is 0 Å². The van der Waals surface area contributed by atoms with Gasteiger partial charge < -0.3 is 10.2 Å². The van der Waals surface area contributed by atoms with Crippen molar-refractivity contribution >= 4 is 0 Å². The van der Waals surface area contributed by atoms with Gasteiger partial charge in [-0.05, 0) is 64.7 Å². The van der Waals surface area contributed by atoms with Gasteiger partial charge in [0.25, 0.3) is 0 Å². The lowest BCUT2D eigenvalue weighted by Gasteiger charge is -2.48. The van der Waals surface area contributed by atoms with E-state index in [2.05, 4.69) is 42.8 Å². The Morgan fingerprint density at radius 3 is 2.30 bits per heavy atom. The van der Waals surface area contributed by atoms with Crippen molar-refractivity contribution in [2.45, 2.75) is 71.5 Å². The Hall–Kier alpha value is -0.120. The second-order valence-electron chi connectivity index (χ2n) is 6.86. The molecule has 0 amide bonds. The lowest BCUT2D eigenvalue weighted by Crippen LogP contribution is -2.58. The summed E-state index contributed by atoms with van der Waals surface area (Å²) in [5, 5.41) is 3.68. The van der Waals surface area contributed by atoms with Gasteiger partial charge in [0, 0.05) is 24.7 Å². The Morgan fingerprint density at radius 1 is 1.00 bits per heavy atom. The van der Waals surface area contributed by atoms with Crippen molar-refractivity contribution in [3.8, 4) is 0 Å². The van der Waals surface area contributed by atoms with Crippen LogP contribution >= 0.6 is 0 Å². The predicted molar refractivity (Wildman–Crippen MR) is 87.2 cm³/mol. The zero-order valence-electron chi connectivity index (χ0n) is 14.1. The monoisotopic (exact) mass is 281 g/mol. The van der Waals surface area contributed by atoms with E-state index in [9.17, 15) is 0 Å². The Bertz CT molecular complexity index is 273. The second-order valence-corrected chi connectivity index (χ2v) is 6.86. The van der Waals surface area contributed by atoms with E-state index in [1.54, 1.807) is 0 Å². The van der Waals surface area contributed by atoms with Gasteiger partial charge in [0.1, 0.15) is 0 Å². The molecule has 2 rings (SSSR count). The molecule has 0 bridgehead atoms. The largest absolute Gasteiger partial charge is 0.314 e. The van der Waals surface area contributed by atoms with Gasteiger partial charge >= 0.3 is 0 Å². The van der Waals surface area contributed by atoms with Crippen LogP contribution in [0.15, 0.2) is 0 Å². The van der Waals surface area contributed by atoms with Crippen LogP contribution in [0.2, 0.25) is 0 Å². The van der Waals surface area contributed by atoms with Gasteiger partial charge in [-0.25, -0.2) is 0 Å². The molecule has 0 aromatic rings. The molecule has 0 spiro atoms. The number of piperidine rings is 2. The molecule has 118 valence electrons. The molecule has 2 fully saturated rings. The average molecular weight is 281 g/mol. The zero-order chi connectivity index (χ0) is 14.5. The Kier molecular flexibility index (Phi) is 6.31. The van der Waals surface area contributed by atoms with Crippen LogP contribution in [0.3, 0.4) is 0 Å². The number of hydrogen-bond acceptors (Lipinski definition) is 3. The summed E-state index contributed by atoms with van der Waals surface area (Å²) in [5.74, 6) is 0.775. The van der Waals surface area contributed by atoms with E-state index in [0.717, 1.165) is 30.6 Å².